The summed E-state index contributed by atoms with van der Waals surface area (Å²) in [6.45, 7) is 0. The number of rotatable bonds is 3. The molecule has 0 fully saturated rings. The van der Waals surface area contributed by atoms with Crippen LogP contribution in [0.2, 0.25) is 0 Å². The first kappa shape index (κ1) is 13.8. The average Bonchev–Trinajstić information content (AvgIpc) is 2.57. The maximum Gasteiger partial charge on any atom is 0.418 e. The number of carbonyl (C=O) groups excluding carboxylic acids is 1. The Morgan fingerprint density at radius 1 is 0.864 bits per heavy atom. The van der Waals surface area contributed by atoms with Gasteiger partial charge in [-0.25, -0.2) is 9.78 Å². The van der Waals surface area contributed by atoms with Crippen LogP contribution in [0.15, 0.2) is 79.0 Å². The van der Waals surface area contributed by atoms with Crippen molar-refractivity contribution in [2.45, 2.75) is 0 Å². The molecule has 0 saturated heterocycles. The van der Waals surface area contributed by atoms with E-state index in [4.69, 9.17) is 4.74 Å². The molecule has 1 aromatic heterocycles. The monoisotopic (exact) mass is 290 g/mol. The topological polar surface area (TPSA) is 51.2 Å². The van der Waals surface area contributed by atoms with E-state index in [1.54, 1.807) is 30.5 Å². The van der Waals surface area contributed by atoms with Crippen LogP contribution in [0.4, 0.5) is 10.6 Å². The van der Waals surface area contributed by atoms with Crippen LogP contribution < -0.4 is 10.1 Å². The van der Waals surface area contributed by atoms with E-state index < -0.39 is 6.09 Å². The molecule has 1 heterocycles. The Bertz CT molecular complexity index is 758. The second kappa shape index (κ2) is 6.54. The van der Waals surface area contributed by atoms with Gasteiger partial charge in [-0.1, -0.05) is 48.5 Å². The molecule has 0 aliphatic heterocycles. The van der Waals surface area contributed by atoms with Gasteiger partial charge in [0.15, 0.2) is 0 Å². The molecular formula is C18H14N2O2. The van der Waals surface area contributed by atoms with Crippen LogP contribution in [0.5, 0.6) is 5.75 Å². The van der Waals surface area contributed by atoms with Gasteiger partial charge in [0, 0.05) is 6.20 Å². The highest BCUT2D eigenvalue weighted by atomic mass is 16.6. The normalized spacial score (nSPS) is 10.0. The number of hydrogen-bond donors (Lipinski definition) is 1. The fourth-order valence-corrected chi connectivity index (χ4v) is 2.03. The maximum absolute atomic E-state index is 11.9. The molecule has 0 saturated carbocycles. The van der Waals surface area contributed by atoms with Crippen molar-refractivity contribution in [1.29, 1.82) is 0 Å². The third-order valence-corrected chi connectivity index (χ3v) is 3.05. The Morgan fingerprint density at radius 2 is 1.55 bits per heavy atom. The molecule has 0 aliphatic carbocycles. The van der Waals surface area contributed by atoms with Gasteiger partial charge in [0.1, 0.15) is 11.6 Å². The Kier molecular flexibility index (Phi) is 4.11. The predicted molar refractivity (Wildman–Crippen MR) is 85.8 cm³/mol. The van der Waals surface area contributed by atoms with E-state index in [1.165, 1.54) is 0 Å². The zero-order chi connectivity index (χ0) is 15.2. The molecule has 2 aromatic carbocycles. The third-order valence-electron chi connectivity index (χ3n) is 3.05. The number of aromatic nitrogens is 1. The lowest BCUT2D eigenvalue weighted by Gasteiger charge is -2.07. The fourth-order valence-electron chi connectivity index (χ4n) is 2.03. The van der Waals surface area contributed by atoms with Crippen LogP contribution in [0.25, 0.3) is 11.1 Å². The van der Waals surface area contributed by atoms with Crippen molar-refractivity contribution in [2.24, 2.45) is 0 Å². The van der Waals surface area contributed by atoms with Crippen LogP contribution in [0.3, 0.4) is 0 Å². The molecular weight excluding hydrogens is 276 g/mol. The van der Waals surface area contributed by atoms with E-state index in [0.29, 0.717) is 11.6 Å². The first-order valence-electron chi connectivity index (χ1n) is 6.86. The van der Waals surface area contributed by atoms with E-state index >= 15 is 0 Å². The molecule has 0 bridgehead atoms. The lowest BCUT2D eigenvalue weighted by Crippen LogP contribution is -2.17. The van der Waals surface area contributed by atoms with Crippen LogP contribution in [-0.2, 0) is 0 Å². The average molecular weight is 290 g/mol. The van der Waals surface area contributed by atoms with Gasteiger partial charge in [-0.15, -0.1) is 0 Å². The quantitative estimate of drug-likeness (QED) is 0.779. The standard InChI is InChI=1S/C18H14N2O2/c21-18(22-16-9-5-2-6-10-16)20-17-13-15(11-12-19-17)14-7-3-1-4-8-14/h1-13H,(H,19,20,21). The number of anilines is 1. The minimum Gasteiger partial charge on any atom is -0.410 e. The summed E-state index contributed by atoms with van der Waals surface area (Å²) >= 11 is 0. The van der Waals surface area contributed by atoms with E-state index in [1.807, 2.05) is 48.5 Å². The number of amides is 1. The van der Waals surface area contributed by atoms with E-state index in [-0.39, 0.29) is 0 Å². The molecule has 0 atom stereocenters. The summed E-state index contributed by atoms with van der Waals surface area (Å²) < 4.78 is 5.17. The molecule has 4 heteroatoms. The van der Waals surface area contributed by atoms with Crippen molar-refractivity contribution >= 4 is 11.9 Å². The summed E-state index contributed by atoms with van der Waals surface area (Å²) in [6, 6.07) is 22.5. The molecule has 0 radical (unpaired) electrons. The van der Waals surface area contributed by atoms with Crippen molar-refractivity contribution < 1.29 is 9.53 Å². The lowest BCUT2D eigenvalue weighted by molar-refractivity contribution is 0.215. The van der Waals surface area contributed by atoms with Gasteiger partial charge in [0.2, 0.25) is 0 Å². The Labute approximate surface area is 128 Å². The molecule has 1 amide bonds. The zero-order valence-corrected chi connectivity index (χ0v) is 11.8. The molecule has 0 spiro atoms. The zero-order valence-electron chi connectivity index (χ0n) is 11.8. The van der Waals surface area contributed by atoms with Gasteiger partial charge in [-0.05, 0) is 35.4 Å². The van der Waals surface area contributed by atoms with Crippen molar-refractivity contribution in [3.63, 3.8) is 0 Å². The van der Waals surface area contributed by atoms with Crippen molar-refractivity contribution in [2.75, 3.05) is 5.32 Å². The van der Waals surface area contributed by atoms with Gasteiger partial charge in [0.05, 0.1) is 0 Å². The first-order valence-corrected chi connectivity index (χ1v) is 6.86. The summed E-state index contributed by atoms with van der Waals surface area (Å²) in [5, 5.41) is 2.63. The Morgan fingerprint density at radius 3 is 2.27 bits per heavy atom. The van der Waals surface area contributed by atoms with Crippen LogP contribution in [-0.4, -0.2) is 11.1 Å². The number of carbonyl (C=O) groups is 1. The molecule has 3 aromatic rings. The van der Waals surface area contributed by atoms with Crippen LogP contribution in [0, 0.1) is 0 Å². The second-order valence-electron chi connectivity index (χ2n) is 4.62. The third kappa shape index (κ3) is 3.49. The van der Waals surface area contributed by atoms with E-state index in [0.717, 1.165) is 11.1 Å². The number of nitrogens with one attached hydrogen (secondary N) is 1. The first-order chi connectivity index (χ1) is 10.8. The van der Waals surface area contributed by atoms with Gasteiger partial charge >= 0.3 is 6.09 Å². The number of para-hydroxylation sites is 1. The lowest BCUT2D eigenvalue weighted by atomic mass is 10.1. The minimum atomic E-state index is -0.566. The molecule has 0 unspecified atom stereocenters. The summed E-state index contributed by atoms with van der Waals surface area (Å²) in [7, 11) is 0. The number of ether oxygens (including phenoxy) is 1. The molecule has 3 rings (SSSR count). The summed E-state index contributed by atoms with van der Waals surface area (Å²) in [6.07, 6.45) is 1.09. The van der Waals surface area contributed by atoms with Crippen LogP contribution in [0.1, 0.15) is 0 Å². The molecule has 108 valence electrons. The summed E-state index contributed by atoms with van der Waals surface area (Å²) in [5.74, 6) is 0.932. The molecule has 22 heavy (non-hydrogen) atoms. The molecule has 4 nitrogen and oxygen atoms in total. The second-order valence-corrected chi connectivity index (χ2v) is 4.62. The summed E-state index contributed by atoms with van der Waals surface area (Å²) in [4.78, 5) is 16.0. The maximum atomic E-state index is 11.9. The smallest absolute Gasteiger partial charge is 0.410 e. The summed E-state index contributed by atoms with van der Waals surface area (Å²) in [5.41, 5.74) is 2.04. The van der Waals surface area contributed by atoms with Crippen molar-refractivity contribution in [1.82, 2.24) is 4.98 Å². The van der Waals surface area contributed by atoms with Crippen molar-refractivity contribution in [3.8, 4) is 16.9 Å². The van der Waals surface area contributed by atoms with Gasteiger partial charge in [-0.2, -0.15) is 0 Å². The van der Waals surface area contributed by atoms with Crippen molar-refractivity contribution in [3.05, 3.63) is 79.0 Å². The Hall–Kier alpha value is -3.14. The number of hydrogen-bond acceptors (Lipinski definition) is 3. The highest BCUT2D eigenvalue weighted by molar-refractivity contribution is 5.86. The van der Waals surface area contributed by atoms with Gasteiger partial charge < -0.3 is 4.74 Å². The number of nitrogens with zero attached hydrogens (tertiary/aromatic N) is 1. The number of pyridine rings is 1. The van der Waals surface area contributed by atoms with E-state index in [9.17, 15) is 4.79 Å². The predicted octanol–water partition coefficient (Wildman–Crippen LogP) is 4.36. The van der Waals surface area contributed by atoms with E-state index in [2.05, 4.69) is 10.3 Å². The number of benzene rings is 2. The molecule has 0 aliphatic rings. The Balaban J connectivity index is 1.72. The van der Waals surface area contributed by atoms with Gasteiger partial charge in [0.25, 0.3) is 0 Å². The molecule has 1 N–H and O–H groups in total. The van der Waals surface area contributed by atoms with Gasteiger partial charge in [-0.3, -0.25) is 5.32 Å². The SMILES string of the molecule is O=C(Nc1cc(-c2ccccc2)ccn1)Oc1ccccc1. The highest BCUT2D eigenvalue weighted by Gasteiger charge is 2.06. The minimum absolute atomic E-state index is 0.447. The largest absolute Gasteiger partial charge is 0.418 e. The fraction of sp³-hybridized carbons (Fsp3) is 0. The van der Waals surface area contributed by atoms with Crippen LogP contribution >= 0.6 is 0 Å². The highest BCUT2D eigenvalue weighted by Crippen LogP contribution is 2.20.